The van der Waals surface area contributed by atoms with Gasteiger partial charge in [-0.05, 0) is 32.8 Å². The molecule has 116 valence electrons. The number of nitro groups is 1. The average molecular weight is 296 g/mol. The van der Waals surface area contributed by atoms with Crippen LogP contribution in [0.1, 0.15) is 38.8 Å². The van der Waals surface area contributed by atoms with Gasteiger partial charge in [0.25, 0.3) is 5.69 Å². The molecule has 7 nitrogen and oxygen atoms in total. The number of aliphatic hydroxyl groups is 1. The summed E-state index contributed by atoms with van der Waals surface area (Å²) in [5, 5.41) is 22.5. The van der Waals surface area contributed by atoms with Gasteiger partial charge >= 0.3 is 6.09 Å². The van der Waals surface area contributed by atoms with Crippen molar-refractivity contribution in [2.75, 3.05) is 6.61 Å². The van der Waals surface area contributed by atoms with Crippen LogP contribution in [0.25, 0.3) is 0 Å². The molecule has 0 bridgehead atoms. The van der Waals surface area contributed by atoms with Gasteiger partial charge in [0, 0.05) is 18.7 Å². The van der Waals surface area contributed by atoms with E-state index in [-0.39, 0.29) is 18.7 Å². The summed E-state index contributed by atoms with van der Waals surface area (Å²) in [5.74, 6) is 0. The Kier molecular flexibility index (Phi) is 5.66. The van der Waals surface area contributed by atoms with Crippen molar-refractivity contribution in [3.63, 3.8) is 0 Å². The Morgan fingerprint density at radius 1 is 1.48 bits per heavy atom. The Morgan fingerprint density at radius 3 is 2.67 bits per heavy atom. The monoisotopic (exact) mass is 296 g/mol. The van der Waals surface area contributed by atoms with E-state index in [1.54, 1.807) is 26.8 Å². The SMILES string of the molecule is CC(C)(C)OC(=O)N[C@@H](CCO)c1cccc([N+](=O)[O-])c1. The van der Waals surface area contributed by atoms with Crippen LogP contribution in [-0.4, -0.2) is 28.3 Å². The highest BCUT2D eigenvalue weighted by Crippen LogP contribution is 2.22. The van der Waals surface area contributed by atoms with Gasteiger partial charge in [0.05, 0.1) is 11.0 Å². The Hall–Kier alpha value is -2.15. The van der Waals surface area contributed by atoms with E-state index in [1.165, 1.54) is 18.2 Å². The number of amides is 1. The Morgan fingerprint density at radius 2 is 2.14 bits per heavy atom. The Labute approximate surface area is 123 Å². The van der Waals surface area contributed by atoms with Crippen molar-refractivity contribution in [3.05, 3.63) is 39.9 Å². The lowest BCUT2D eigenvalue weighted by Crippen LogP contribution is -2.35. The summed E-state index contributed by atoms with van der Waals surface area (Å²) in [6, 6.07) is 5.38. The number of carbonyl (C=O) groups excluding carboxylic acids is 1. The van der Waals surface area contributed by atoms with Crippen LogP contribution < -0.4 is 5.32 Å². The van der Waals surface area contributed by atoms with Gasteiger partial charge in [-0.3, -0.25) is 10.1 Å². The standard InChI is InChI=1S/C14H20N2O5/c1-14(2,3)21-13(18)15-12(7-8-17)10-5-4-6-11(9-10)16(19)20/h4-6,9,12,17H,7-8H2,1-3H3,(H,15,18)/t12-/m0/s1. The summed E-state index contributed by atoms with van der Waals surface area (Å²) in [5.41, 5.74) is -0.165. The summed E-state index contributed by atoms with van der Waals surface area (Å²) in [4.78, 5) is 22.1. The number of alkyl carbamates (subject to hydrolysis) is 1. The summed E-state index contributed by atoms with van der Waals surface area (Å²) < 4.78 is 5.15. The van der Waals surface area contributed by atoms with Gasteiger partial charge in [0.1, 0.15) is 5.60 Å². The number of ether oxygens (including phenoxy) is 1. The molecule has 0 radical (unpaired) electrons. The number of carbonyl (C=O) groups is 1. The van der Waals surface area contributed by atoms with Gasteiger partial charge in [0.15, 0.2) is 0 Å². The molecule has 0 saturated heterocycles. The summed E-state index contributed by atoms with van der Waals surface area (Å²) in [7, 11) is 0. The smallest absolute Gasteiger partial charge is 0.408 e. The number of nitrogens with zero attached hydrogens (tertiary/aromatic N) is 1. The van der Waals surface area contributed by atoms with Crippen molar-refractivity contribution in [3.8, 4) is 0 Å². The van der Waals surface area contributed by atoms with Gasteiger partial charge in [0.2, 0.25) is 0 Å². The van der Waals surface area contributed by atoms with Gasteiger partial charge < -0.3 is 15.2 Å². The highest BCUT2D eigenvalue weighted by Gasteiger charge is 2.21. The number of benzene rings is 1. The van der Waals surface area contributed by atoms with Crippen molar-refractivity contribution in [2.45, 2.75) is 38.8 Å². The first-order valence-electron chi connectivity index (χ1n) is 6.57. The van der Waals surface area contributed by atoms with Gasteiger partial charge in [-0.1, -0.05) is 12.1 Å². The number of nitro benzene ring substituents is 1. The molecule has 1 aromatic carbocycles. The average Bonchev–Trinajstić information content (AvgIpc) is 2.36. The lowest BCUT2D eigenvalue weighted by molar-refractivity contribution is -0.384. The molecule has 1 aromatic rings. The maximum atomic E-state index is 11.8. The number of hydrogen-bond acceptors (Lipinski definition) is 5. The molecule has 2 N–H and O–H groups in total. The lowest BCUT2D eigenvalue weighted by atomic mass is 10.0. The predicted octanol–water partition coefficient (Wildman–Crippen LogP) is 2.54. The molecule has 0 fully saturated rings. The topological polar surface area (TPSA) is 102 Å². The Balaban J connectivity index is 2.88. The second kappa shape index (κ2) is 7.03. The highest BCUT2D eigenvalue weighted by atomic mass is 16.6. The van der Waals surface area contributed by atoms with Crippen LogP contribution in [0, 0.1) is 10.1 Å². The van der Waals surface area contributed by atoms with E-state index in [0.717, 1.165) is 0 Å². The quantitative estimate of drug-likeness (QED) is 0.642. The first-order chi connectivity index (χ1) is 9.73. The summed E-state index contributed by atoms with van der Waals surface area (Å²) in [6.45, 7) is 5.05. The molecule has 0 saturated carbocycles. The maximum Gasteiger partial charge on any atom is 0.408 e. The van der Waals surface area contributed by atoms with Crippen LogP contribution >= 0.6 is 0 Å². The molecule has 1 rings (SSSR count). The van der Waals surface area contributed by atoms with Crippen molar-refractivity contribution >= 4 is 11.8 Å². The first kappa shape index (κ1) is 16.9. The third kappa shape index (κ3) is 5.78. The van der Waals surface area contributed by atoms with Crippen LogP contribution in [-0.2, 0) is 4.74 Å². The molecular formula is C14H20N2O5. The fourth-order valence-electron chi connectivity index (χ4n) is 1.76. The van der Waals surface area contributed by atoms with Crippen molar-refractivity contribution in [1.82, 2.24) is 5.32 Å². The van der Waals surface area contributed by atoms with Crippen molar-refractivity contribution < 1.29 is 19.6 Å². The van der Waals surface area contributed by atoms with Crippen molar-refractivity contribution in [2.24, 2.45) is 0 Å². The van der Waals surface area contributed by atoms with Crippen molar-refractivity contribution in [1.29, 1.82) is 0 Å². The van der Waals surface area contributed by atoms with E-state index in [2.05, 4.69) is 5.32 Å². The molecule has 0 aliphatic rings. The molecule has 0 aliphatic heterocycles. The minimum atomic E-state index is -0.642. The fourth-order valence-corrected chi connectivity index (χ4v) is 1.76. The molecular weight excluding hydrogens is 276 g/mol. The number of hydrogen-bond donors (Lipinski definition) is 2. The van der Waals surface area contributed by atoms with Gasteiger partial charge in [-0.25, -0.2) is 4.79 Å². The third-order valence-electron chi connectivity index (χ3n) is 2.59. The molecule has 0 spiro atoms. The number of rotatable bonds is 5. The van der Waals surface area contributed by atoms with Crippen LogP contribution in [0.2, 0.25) is 0 Å². The van der Waals surface area contributed by atoms with Gasteiger partial charge in [-0.2, -0.15) is 0 Å². The third-order valence-corrected chi connectivity index (χ3v) is 2.59. The molecule has 1 atom stereocenters. The van der Waals surface area contributed by atoms with E-state index >= 15 is 0 Å². The number of non-ortho nitro benzene ring substituents is 1. The van der Waals surface area contributed by atoms with E-state index in [4.69, 9.17) is 9.84 Å². The normalized spacial score (nSPS) is 12.6. The molecule has 0 aromatic heterocycles. The fraction of sp³-hybridized carbons (Fsp3) is 0.500. The molecule has 0 aliphatic carbocycles. The summed E-state index contributed by atoms with van der Waals surface area (Å²) in [6.07, 6.45) is -0.395. The van der Waals surface area contributed by atoms with E-state index in [9.17, 15) is 14.9 Å². The summed E-state index contributed by atoms with van der Waals surface area (Å²) >= 11 is 0. The molecule has 1 amide bonds. The number of nitrogens with one attached hydrogen (secondary N) is 1. The highest BCUT2D eigenvalue weighted by molar-refractivity contribution is 5.68. The second-order valence-electron chi connectivity index (χ2n) is 5.56. The largest absolute Gasteiger partial charge is 0.444 e. The van der Waals surface area contributed by atoms with E-state index in [1.807, 2.05) is 0 Å². The minimum Gasteiger partial charge on any atom is -0.444 e. The second-order valence-corrected chi connectivity index (χ2v) is 5.56. The Bertz CT molecular complexity index is 510. The van der Waals surface area contributed by atoms with Crippen LogP contribution in [0.5, 0.6) is 0 Å². The molecule has 0 heterocycles. The van der Waals surface area contributed by atoms with E-state index in [0.29, 0.717) is 5.56 Å². The molecule has 21 heavy (non-hydrogen) atoms. The van der Waals surface area contributed by atoms with Crippen LogP contribution in [0.3, 0.4) is 0 Å². The first-order valence-corrected chi connectivity index (χ1v) is 6.57. The molecule has 0 unspecified atom stereocenters. The predicted molar refractivity (Wildman–Crippen MR) is 76.9 cm³/mol. The molecule has 7 heteroatoms. The number of aliphatic hydroxyl groups excluding tert-OH is 1. The van der Waals surface area contributed by atoms with Crippen LogP contribution in [0.15, 0.2) is 24.3 Å². The zero-order chi connectivity index (χ0) is 16.0. The van der Waals surface area contributed by atoms with Gasteiger partial charge in [-0.15, -0.1) is 0 Å². The lowest BCUT2D eigenvalue weighted by Gasteiger charge is -2.23. The maximum absolute atomic E-state index is 11.8. The zero-order valence-electron chi connectivity index (χ0n) is 12.3. The zero-order valence-corrected chi connectivity index (χ0v) is 12.3. The van der Waals surface area contributed by atoms with E-state index < -0.39 is 22.7 Å². The van der Waals surface area contributed by atoms with Crippen LogP contribution in [0.4, 0.5) is 10.5 Å². The minimum absolute atomic E-state index is 0.0681.